The Hall–Kier alpha value is -2.23. The molecule has 0 aliphatic carbocycles. The molecule has 3 heterocycles. The number of hydrogen-bond donors (Lipinski definition) is 1. The molecule has 4 heteroatoms. The average molecular weight is 210 g/mol. The quantitative estimate of drug-likeness (QED) is 0.702. The van der Waals surface area contributed by atoms with Crippen LogP contribution in [0.3, 0.4) is 0 Å². The molecule has 1 aromatic rings. The third-order valence-corrected chi connectivity index (χ3v) is 2.53. The molecule has 4 nitrogen and oxygen atoms in total. The van der Waals surface area contributed by atoms with Crippen molar-refractivity contribution >= 4 is 0 Å². The zero-order valence-electron chi connectivity index (χ0n) is 8.59. The van der Waals surface area contributed by atoms with Crippen LogP contribution in [0.4, 0.5) is 0 Å². The summed E-state index contributed by atoms with van der Waals surface area (Å²) in [5.41, 5.74) is 4.31. The van der Waals surface area contributed by atoms with Crippen molar-refractivity contribution in [2.45, 2.75) is 6.42 Å². The lowest BCUT2D eigenvalue weighted by Crippen LogP contribution is -1.91. The zero-order chi connectivity index (χ0) is 10.8. The number of aromatic amines is 1. The first kappa shape index (κ1) is 9.03. The van der Waals surface area contributed by atoms with Crippen molar-refractivity contribution in [3.63, 3.8) is 0 Å². The number of fused-ring (bicyclic) bond motifs is 1. The van der Waals surface area contributed by atoms with Gasteiger partial charge in [-0.2, -0.15) is 0 Å². The number of nitrogens with zero attached hydrogens (tertiary/aromatic N) is 3. The molecule has 16 heavy (non-hydrogen) atoms. The molecule has 0 atom stereocenters. The van der Waals surface area contributed by atoms with E-state index < -0.39 is 0 Å². The lowest BCUT2D eigenvalue weighted by Gasteiger charge is -2.01. The molecule has 0 spiro atoms. The first-order valence-electron chi connectivity index (χ1n) is 5.08. The van der Waals surface area contributed by atoms with Gasteiger partial charge in [0.25, 0.3) is 0 Å². The molecular weight excluding hydrogens is 200 g/mol. The molecule has 3 rings (SSSR count). The molecule has 2 aliphatic rings. The Balaban J connectivity index is 1.97. The van der Waals surface area contributed by atoms with Crippen LogP contribution in [0.2, 0.25) is 0 Å². The molecule has 0 saturated heterocycles. The topological polar surface area (TPSA) is 54.5 Å². The Bertz CT molecular complexity index is 558. The Morgan fingerprint density at radius 3 is 3.00 bits per heavy atom. The van der Waals surface area contributed by atoms with Gasteiger partial charge in [0.2, 0.25) is 0 Å². The van der Waals surface area contributed by atoms with E-state index in [2.05, 4.69) is 26.0 Å². The molecule has 1 aromatic heterocycles. The summed E-state index contributed by atoms with van der Waals surface area (Å²) in [5.74, 6) is 0. The van der Waals surface area contributed by atoms with Crippen LogP contribution >= 0.6 is 0 Å². The largest absolute Gasteiger partial charge is 0.344 e. The average Bonchev–Trinajstić information content (AvgIpc) is 2.74. The van der Waals surface area contributed by atoms with Crippen LogP contribution in [0.25, 0.3) is 11.4 Å². The van der Waals surface area contributed by atoms with Gasteiger partial charge in [-0.25, -0.2) is 4.98 Å². The Labute approximate surface area is 92.8 Å². The highest BCUT2D eigenvalue weighted by atomic mass is 14.9. The van der Waals surface area contributed by atoms with E-state index in [0.717, 1.165) is 17.8 Å². The van der Waals surface area contributed by atoms with Crippen molar-refractivity contribution in [1.29, 1.82) is 0 Å². The van der Waals surface area contributed by atoms with E-state index in [9.17, 15) is 0 Å². The third kappa shape index (κ3) is 1.54. The number of aromatic nitrogens is 4. The normalized spacial score (nSPS) is 10.8. The summed E-state index contributed by atoms with van der Waals surface area (Å²) in [4.78, 5) is 15.5. The maximum atomic E-state index is 4.30. The van der Waals surface area contributed by atoms with E-state index in [4.69, 9.17) is 0 Å². The van der Waals surface area contributed by atoms with Crippen molar-refractivity contribution in [3.05, 3.63) is 54.4 Å². The van der Waals surface area contributed by atoms with E-state index in [1.807, 2.05) is 18.5 Å². The minimum absolute atomic E-state index is 0.838. The maximum absolute atomic E-state index is 4.30. The highest BCUT2D eigenvalue weighted by molar-refractivity contribution is 5.60. The second-order valence-electron chi connectivity index (χ2n) is 3.63. The van der Waals surface area contributed by atoms with Crippen LogP contribution in [-0.2, 0) is 6.42 Å². The number of hydrogen-bond acceptors (Lipinski definition) is 3. The van der Waals surface area contributed by atoms with E-state index in [0.29, 0.717) is 0 Å². The second-order valence-corrected chi connectivity index (χ2v) is 3.63. The molecule has 1 N–H and O–H groups in total. The second kappa shape index (κ2) is 3.73. The van der Waals surface area contributed by atoms with Gasteiger partial charge in [-0.05, 0) is 11.6 Å². The van der Waals surface area contributed by atoms with Crippen molar-refractivity contribution in [2.75, 3.05) is 0 Å². The van der Waals surface area contributed by atoms with Gasteiger partial charge in [0.1, 0.15) is 5.69 Å². The standard InChI is InChI=1S/C12H10N4/c1-2-9(5-13-3-1)4-10-6-15-11-7-14-8-16-12(10)11/h1-3,5-8H,4H2,(H,14,16). The van der Waals surface area contributed by atoms with E-state index in [-0.39, 0.29) is 0 Å². The van der Waals surface area contributed by atoms with Gasteiger partial charge in [0.05, 0.1) is 18.2 Å². The number of H-pyrrole nitrogens is 1. The Kier molecular flexibility index (Phi) is 2.11. The third-order valence-electron chi connectivity index (χ3n) is 2.53. The van der Waals surface area contributed by atoms with Crippen LogP contribution in [0.1, 0.15) is 11.1 Å². The predicted octanol–water partition coefficient (Wildman–Crippen LogP) is 1.90. The minimum Gasteiger partial charge on any atom is -0.344 e. The van der Waals surface area contributed by atoms with Crippen LogP contribution in [0, 0.1) is 0 Å². The summed E-state index contributed by atoms with van der Waals surface area (Å²) in [6.07, 6.45) is 9.82. The van der Waals surface area contributed by atoms with Crippen LogP contribution < -0.4 is 0 Å². The summed E-state index contributed by atoms with van der Waals surface area (Å²) < 4.78 is 0. The zero-order valence-corrected chi connectivity index (χ0v) is 8.59. The maximum Gasteiger partial charge on any atom is 0.105 e. The fraction of sp³-hybridized carbons (Fsp3) is 0.0833. The van der Waals surface area contributed by atoms with Gasteiger partial charge >= 0.3 is 0 Å². The van der Waals surface area contributed by atoms with Crippen LogP contribution in [0.5, 0.6) is 0 Å². The first-order valence-corrected chi connectivity index (χ1v) is 5.08. The summed E-state index contributed by atoms with van der Waals surface area (Å²) in [5, 5.41) is 0. The Morgan fingerprint density at radius 2 is 2.12 bits per heavy atom. The SMILES string of the molecule is c1cncc(Cc2cnc3cnc[nH]c2-3)c1. The summed E-state index contributed by atoms with van der Waals surface area (Å²) >= 11 is 0. The van der Waals surface area contributed by atoms with Gasteiger partial charge in [0, 0.05) is 30.6 Å². The molecule has 78 valence electrons. The highest BCUT2D eigenvalue weighted by Crippen LogP contribution is 2.23. The van der Waals surface area contributed by atoms with E-state index in [1.165, 1.54) is 11.1 Å². The molecule has 0 bridgehead atoms. The fourth-order valence-corrected chi connectivity index (χ4v) is 1.77. The van der Waals surface area contributed by atoms with Gasteiger partial charge < -0.3 is 4.98 Å². The lowest BCUT2D eigenvalue weighted by molar-refractivity contribution is 1.11. The van der Waals surface area contributed by atoms with Crippen LogP contribution in [-0.4, -0.2) is 19.9 Å². The van der Waals surface area contributed by atoms with Gasteiger partial charge in [-0.15, -0.1) is 0 Å². The van der Waals surface area contributed by atoms with Crippen molar-refractivity contribution in [1.82, 2.24) is 19.9 Å². The highest BCUT2D eigenvalue weighted by Gasteiger charge is 2.11. The van der Waals surface area contributed by atoms with Crippen molar-refractivity contribution in [2.24, 2.45) is 0 Å². The lowest BCUT2D eigenvalue weighted by atomic mass is 10.1. The molecule has 0 fully saturated rings. The fourth-order valence-electron chi connectivity index (χ4n) is 1.77. The Morgan fingerprint density at radius 1 is 1.12 bits per heavy atom. The smallest absolute Gasteiger partial charge is 0.105 e. The summed E-state index contributed by atoms with van der Waals surface area (Å²) in [6, 6.07) is 4.01. The monoisotopic (exact) mass is 210 g/mol. The van der Waals surface area contributed by atoms with Crippen molar-refractivity contribution < 1.29 is 0 Å². The summed E-state index contributed by atoms with van der Waals surface area (Å²) in [7, 11) is 0. The summed E-state index contributed by atoms with van der Waals surface area (Å²) in [6.45, 7) is 0. The van der Waals surface area contributed by atoms with Crippen LogP contribution in [0.15, 0.2) is 43.2 Å². The first-order chi connectivity index (χ1) is 7.93. The number of nitrogens with one attached hydrogen (secondary N) is 1. The molecule has 0 aromatic carbocycles. The predicted molar refractivity (Wildman–Crippen MR) is 60.0 cm³/mol. The molecule has 0 saturated carbocycles. The van der Waals surface area contributed by atoms with Gasteiger partial charge in [-0.1, -0.05) is 6.07 Å². The van der Waals surface area contributed by atoms with E-state index >= 15 is 0 Å². The number of rotatable bonds is 2. The van der Waals surface area contributed by atoms with Gasteiger partial charge in [-0.3, -0.25) is 9.97 Å². The minimum atomic E-state index is 0.838. The number of pyridine rings is 1. The molecule has 2 aliphatic heterocycles. The van der Waals surface area contributed by atoms with Crippen molar-refractivity contribution in [3.8, 4) is 11.4 Å². The molecule has 0 radical (unpaired) electrons. The van der Waals surface area contributed by atoms with E-state index in [1.54, 1.807) is 18.7 Å². The molecular formula is C12H10N4. The molecule has 0 unspecified atom stereocenters. The molecule has 0 amide bonds. The van der Waals surface area contributed by atoms with Gasteiger partial charge in [0.15, 0.2) is 0 Å².